The molecule has 0 atom stereocenters. The molecule has 1 heterocycles. The van der Waals surface area contributed by atoms with Gasteiger partial charge < -0.3 is 10.3 Å². The number of aromatic amines is 1. The van der Waals surface area contributed by atoms with Crippen molar-refractivity contribution >= 4 is 0 Å². The molecule has 0 amide bonds. The normalized spacial score (nSPS) is 10.5. The van der Waals surface area contributed by atoms with Crippen LogP contribution in [0.25, 0.3) is 11.3 Å². The molecule has 0 aliphatic heterocycles. The van der Waals surface area contributed by atoms with Crippen molar-refractivity contribution in [1.82, 2.24) is 10.3 Å². The zero-order valence-corrected chi connectivity index (χ0v) is 8.55. The Kier molecular flexibility index (Phi) is 2.83. The summed E-state index contributed by atoms with van der Waals surface area (Å²) in [6, 6.07) is 8.87. The third-order valence-corrected chi connectivity index (χ3v) is 2.30. The van der Waals surface area contributed by atoms with Gasteiger partial charge in [0.15, 0.2) is 0 Å². The van der Waals surface area contributed by atoms with E-state index >= 15 is 0 Å². The SMILES string of the molecule is CNCc1ccc(F)c(-c2ccc[nH]2)c1. The van der Waals surface area contributed by atoms with Crippen molar-refractivity contribution in [2.45, 2.75) is 6.54 Å². The molecule has 15 heavy (non-hydrogen) atoms. The molecule has 0 saturated carbocycles. The van der Waals surface area contributed by atoms with Crippen LogP contribution >= 0.6 is 0 Å². The van der Waals surface area contributed by atoms with Gasteiger partial charge >= 0.3 is 0 Å². The van der Waals surface area contributed by atoms with E-state index in [1.165, 1.54) is 6.07 Å². The Morgan fingerprint density at radius 1 is 1.33 bits per heavy atom. The van der Waals surface area contributed by atoms with Gasteiger partial charge in [-0.05, 0) is 36.9 Å². The first-order valence-electron chi connectivity index (χ1n) is 4.88. The largest absolute Gasteiger partial charge is 0.361 e. The molecule has 2 aromatic rings. The van der Waals surface area contributed by atoms with Crippen molar-refractivity contribution in [2.24, 2.45) is 0 Å². The first-order valence-corrected chi connectivity index (χ1v) is 4.88. The summed E-state index contributed by atoms with van der Waals surface area (Å²) in [4.78, 5) is 3.00. The highest BCUT2D eigenvalue weighted by Crippen LogP contribution is 2.22. The standard InChI is InChI=1S/C12H13FN2/c1-14-8-9-4-5-11(13)10(7-9)12-3-2-6-15-12/h2-7,14-15H,8H2,1H3. The van der Waals surface area contributed by atoms with Crippen molar-refractivity contribution in [3.05, 3.63) is 47.9 Å². The molecule has 2 rings (SSSR count). The summed E-state index contributed by atoms with van der Waals surface area (Å²) < 4.78 is 13.5. The van der Waals surface area contributed by atoms with E-state index in [1.54, 1.807) is 12.3 Å². The third kappa shape index (κ3) is 2.07. The van der Waals surface area contributed by atoms with Crippen molar-refractivity contribution in [3.8, 4) is 11.3 Å². The Hall–Kier alpha value is -1.61. The van der Waals surface area contributed by atoms with Crippen LogP contribution in [0.3, 0.4) is 0 Å². The van der Waals surface area contributed by atoms with Gasteiger partial charge in [-0.1, -0.05) is 6.07 Å². The van der Waals surface area contributed by atoms with E-state index in [4.69, 9.17) is 0 Å². The Morgan fingerprint density at radius 2 is 2.20 bits per heavy atom. The van der Waals surface area contributed by atoms with Gasteiger partial charge in [0, 0.05) is 24.0 Å². The van der Waals surface area contributed by atoms with Gasteiger partial charge in [0.2, 0.25) is 0 Å². The van der Waals surface area contributed by atoms with Gasteiger partial charge in [0.05, 0.1) is 0 Å². The summed E-state index contributed by atoms with van der Waals surface area (Å²) in [5.74, 6) is -0.197. The minimum Gasteiger partial charge on any atom is -0.361 e. The van der Waals surface area contributed by atoms with Gasteiger partial charge in [-0.2, -0.15) is 0 Å². The number of hydrogen-bond donors (Lipinski definition) is 2. The Bertz CT molecular complexity index is 435. The number of hydrogen-bond acceptors (Lipinski definition) is 1. The monoisotopic (exact) mass is 204 g/mol. The van der Waals surface area contributed by atoms with Crippen molar-refractivity contribution in [2.75, 3.05) is 7.05 Å². The van der Waals surface area contributed by atoms with Gasteiger partial charge in [0.25, 0.3) is 0 Å². The topological polar surface area (TPSA) is 27.8 Å². The molecule has 0 aliphatic rings. The fourth-order valence-electron chi connectivity index (χ4n) is 1.59. The summed E-state index contributed by atoms with van der Waals surface area (Å²) in [6.45, 7) is 0.744. The van der Waals surface area contributed by atoms with E-state index in [9.17, 15) is 4.39 Å². The van der Waals surface area contributed by atoms with Crippen molar-refractivity contribution < 1.29 is 4.39 Å². The van der Waals surface area contributed by atoms with E-state index in [1.807, 2.05) is 25.2 Å². The van der Waals surface area contributed by atoms with E-state index in [-0.39, 0.29) is 5.82 Å². The van der Waals surface area contributed by atoms with Crippen molar-refractivity contribution in [1.29, 1.82) is 0 Å². The van der Waals surface area contributed by atoms with Crippen molar-refractivity contribution in [3.63, 3.8) is 0 Å². The second-order valence-electron chi connectivity index (χ2n) is 3.43. The maximum atomic E-state index is 13.5. The molecule has 2 nitrogen and oxygen atoms in total. The molecule has 1 aromatic carbocycles. The number of halogens is 1. The summed E-state index contributed by atoms with van der Waals surface area (Å²) in [7, 11) is 1.87. The molecule has 0 aliphatic carbocycles. The fraction of sp³-hybridized carbons (Fsp3) is 0.167. The van der Waals surface area contributed by atoms with Gasteiger partial charge in [-0.15, -0.1) is 0 Å². The third-order valence-electron chi connectivity index (χ3n) is 2.30. The lowest BCUT2D eigenvalue weighted by Gasteiger charge is -2.05. The summed E-state index contributed by atoms with van der Waals surface area (Å²) in [5, 5.41) is 3.04. The molecule has 1 aromatic heterocycles. The highest BCUT2D eigenvalue weighted by atomic mass is 19.1. The highest BCUT2D eigenvalue weighted by molar-refractivity contribution is 5.61. The van der Waals surface area contributed by atoms with Crippen LogP contribution in [0.15, 0.2) is 36.5 Å². The number of rotatable bonds is 3. The lowest BCUT2D eigenvalue weighted by atomic mass is 10.1. The van der Waals surface area contributed by atoms with E-state index < -0.39 is 0 Å². The number of aromatic nitrogens is 1. The highest BCUT2D eigenvalue weighted by Gasteiger charge is 2.06. The van der Waals surface area contributed by atoms with Crippen LogP contribution in [0.5, 0.6) is 0 Å². The summed E-state index contributed by atoms with van der Waals surface area (Å²) >= 11 is 0. The van der Waals surface area contributed by atoms with Crippen LogP contribution in [0.2, 0.25) is 0 Å². The first-order chi connectivity index (χ1) is 7.31. The molecule has 0 bridgehead atoms. The Morgan fingerprint density at radius 3 is 2.87 bits per heavy atom. The molecule has 0 fully saturated rings. The number of benzene rings is 1. The predicted molar refractivity (Wildman–Crippen MR) is 59.0 cm³/mol. The average Bonchev–Trinajstić information content (AvgIpc) is 2.74. The molecular formula is C12H13FN2. The zero-order chi connectivity index (χ0) is 10.7. The summed E-state index contributed by atoms with van der Waals surface area (Å²) in [6.07, 6.45) is 1.79. The van der Waals surface area contributed by atoms with Crippen LogP contribution in [0.4, 0.5) is 4.39 Å². The predicted octanol–water partition coefficient (Wildman–Crippen LogP) is 2.54. The van der Waals surface area contributed by atoms with E-state index in [2.05, 4.69) is 10.3 Å². The maximum Gasteiger partial charge on any atom is 0.132 e. The average molecular weight is 204 g/mol. The molecular weight excluding hydrogens is 191 g/mol. The quantitative estimate of drug-likeness (QED) is 0.790. The Labute approximate surface area is 88.1 Å². The van der Waals surface area contributed by atoms with Crippen LogP contribution < -0.4 is 5.32 Å². The molecule has 0 spiro atoms. The Balaban J connectivity index is 2.41. The smallest absolute Gasteiger partial charge is 0.132 e. The fourth-order valence-corrected chi connectivity index (χ4v) is 1.59. The van der Waals surface area contributed by atoms with E-state index in [0.717, 1.165) is 17.8 Å². The summed E-state index contributed by atoms with van der Waals surface area (Å²) in [5.41, 5.74) is 2.50. The van der Waals surface area contributed by atoms with Crippen LogP contribution in [0.1, 0.15) is 5.56 Å². The molecule has 78 valence electrons. The molecule has 2 N–H and O–H groups in total. The second-order valence-corrected chi connectivity index (χ2v) is 3.43. The lowest BCUT2D eigenvalue weighted by molar-refractivity contribution is 0.629. The van der Waals surface area contributed by atoms with Crippen LogP contribution in [-0.4, -0.2) is 12.0 Å². The van der Waals surface area contributed by atoms with Gasteiger partial charge in [-0.3, -0.25) is 0 Å². The van der Waals surface area contributed by atoms with Crippen LogP contribution in [-0.2, 0) is 6.54 Å². The van der Waals surface area contributed by atoms with Gasteiger partial charge in [-0.25, -0.2) is 4.39 Å². The maximum absolute atomic E-state index is 13.5. The van der Waals surface area contributed by atoms with Gasteiger partial charge in [0.1, 0.15) is 5.82 Å². The molecule has 0 radical (unpaired) electrons. The molecule has 0 unspecified atom stereocenters. The lowest BCUT2D eigenvalue weighted by Crippen LogP contribution is -2.05. The number of nitrogens with one attached hydrogen (secondary N) is 2. The molecule has 0 saturated heterocycles. The van der Waals surface area contributed by atoms with E-state index in [0.29, 0.717) is 5.56 Å². The molecule has 3 heteroatoms. The minimum absolute atomic E-state index is 0.197. The first kappa shape index (κ1) is 9.93. The zero-order valence-electron chi connectivity index (χ0n) is 8.55. The number of H-pyrrole nitrogens is 1. The van der Waals surface area contributed by atoms with Crippen LogP contribution in [0, 0.1) is 5.82 Å². The minimum atomic E-state index is -0.197. The second kappa shape index (κ2) is 4.28.